The maximum atomic E-state index is 11.1. The topological polar surface area (TPSA) is 46.3 Å². The zero-order chi connectivity index (χ0) is 10.0. The first kappa shape index (κ1) is 10.5. The highest BCUT2D eigenvalue weighted by Gasteiger charge is 2.34. The van der Waals surface area contributed by atoms with Crippen LogP contribution in [0.15, 0.2) is 0 Å². The lowest BCUT2D eigenvalue weighted by Crippen LogP contribution is -2.48. The summed E-state index contributed by atoms with van der Waals surface area (Å²) < 4.78 is 0. The van der Waals surface area contributed by atoms with E-state index in [9.17, 15) is 4.79 Å². The molecule has 0 aromatic rings. The van der Waals surface area contributed by atoms with Crippen LogP contribution >= 0.6 is 0 Å². The summed E-state index contributed by atoms with van der Waals surface area (Å²) in [5, 5.41) is 0. The van der Waals surface area contributed by atoms with Crippen LogP contribution in [0, 0.1) is 0 Å². The third-order valence-corrected chi connectivity index (χ3v) is 3.18. The van der Waals surface area contributed by atoms with Crippen molar-refractivity contribution in [3.05, 3.63) is 0 Å². The van der Waals surface area contributed by atoms with Crippen LogP contribution in [0.2, 0.25) is 0 Å². The van der Waals surface area contributed by atoms with Gasteiger partial charge in [0.25, 0.3) is 0 Å². The minimum atomic E-state index is -0.202. The lowest BCUT2D eigenvalue weighted by molar-refractivity contribution is -0.123. The van der Waals surface area contributed by atoms with Gasteiger partial charge in [-0.1, -0.05) is 6.92 Å². The number of hydrogen-bond donors (Lipinski definition) is 1. The largest absolute Gasteiger partial charge is 0.368 e. The molecule has 0 aliphatic carbocycles. The molecule has 3 atom stereocenters. The molecule has 0 aromatic carbocycles. The molecule has 1 rings (SSSR count). The Kier molecular flexibility index (Phi) is 3.31. The summed E-state index contributed by atoms with van der Waals surface area (Å²) >= 11 is 0. The predicted molar refractivity (Wildman–Crippen MR) is 53.3 cm³/mol. The molecular formula is C10H20N2O. The van der Waals surface area contributed by atoms with Crippen molar-refractivity contribution in [1.82, 2.24) is 4.90 Å². The summed E-state index contributed by atoms with van der Waals surface area (Å²) in [7, 11) is 0. The molecule has 1 amide bonds. The second-order valence-electron chi connectivity index (χ2n) is 4.01. The molecule has 13 heavy (non-hydrogen) atoms. The van der Waals surface area contributed by atoms with E-state index in [4.69, 9.17) is 5.73 Å². The molecule has 0 bridgehead atoms. The van der Waals surface area contributed by atoms with Crippen molar-refractivity contribution in [1.29, 1.82) is 0 Å². The number of nitrogens with zero attached hydrogens (tertiary/aromatic N) is 1. The molecule has 2 N–H and O–H groups in total. The quantitative estimate of drug-likeness (QED) is 0.714. The van der Waals surface area contributed by atoms with Crippen molar-refractivity contribution in [2.24, 2.45) is 5.73 Å². The zero-order valence-electron chi connectivity index (χ0n) is 8.79. The molecule has 1 heterocycles. The van der Waals surface area contributed by atoms with E-state index in [0.717, 1.165) is 6.42 Å². The number of nitrogens with two attached hydrogens (primary N) is 1. The van der Waals surface area contributed by atoms with Gasteiger partial charge in [0.15, 0.2) is 0 Å². The van der Waals surface area contributed by atoms with E-state index < -0.39 is 0 Å². The van der Waals surface area contributed by atoms with Crippen LogP contribution in [-0.4, -0.2) is 28.9 Å². The van der Waals surface area contributed by atoms with Crippen LogP contribution < -0.4 is 5.73 Å². The summed E-state index contributed by atoms with van der Waals surface area (Å²) in [5.41, 5.74) is 5.31. The van der Waals surface area contributed by atoms with Crippen molar-refractivity contribution < 1.29 is 4.79 Å². The average Bonchev–Trinajstić information content (AvgIpc) is 2.45. The molecule has 0 radical (unpaired) electrons. The maximum Gasteiger partial charge on any atom is 0.234 e. The smallest absolute Gasteiger partial charge is 0.234 e. The van der Waals surface area contributed by atoms with Crippen LogP contribution in [-0.2, 0) is 4.79 Å². The molecule has 0 aromatic heterocycles. The average molecular weight is 184 g/mol. The van der Waals surface area contributed by atoms with Gasteiger partial charge in [-0.15, -0.1) is 0 Å². The standard InChI is InChI=1S/C10H20N2O/c1-4-9-6-5-7(2)12(9)8(3)10(11)13/h7-9H,4-6H2,1-3H3,(H2,11,13). The van der Waals surface area contributed by atoms with E-state index in [1.54, 1.807) is 0 Å². The molecule has 0 spiro atoms. The summed E-state index contributed by atoms with van der Waals surface area (Å²) in [6.07, 6.45) is 3.51. The molecule has 3 nitrogen and oxygen atoms in total. The third kappa shape index (κ3) is 2.02. The highest BCUT2D eigenvalue weighted by Crippen LogP contribution is 2.27. The fourth-order valence-corrected chi connectivity index (χ4v) is 2.35. The monoisotopic (exact) mass is 184 g/mol. The van der Waals surface area contributed by atoms with Crippen molar-refractivity contribution in [3.63, 3.8) is 0 Å². The highest BCUT2D eigenvalue weighted by atomic mass is 16.1. The number of rotatable bonds is 3. The first-order chi connectivity index (χ1) is 6.07. The second kappa shape index (κ2) is 4.09. The Balaban J connectivity index is 2.68. The molecule has 0 saturated carbocycles. The van der Waals surface area contributed by atoms with Gasteiger partial charge in [0.05, 0.1) is 6.04 Å². The van der Waals surface area contributed by atoms with E-state index in [-0.39, 0.29) is 11.9 Å². The SMILES string of the molecule is CCC1CCC(C)N1C(C)C(N)=O. The van der Waals surface area contributed by atoms with Gasteiger partial charge in [0.2, 0.25) is 5.91 Å². The number of carbonyl (C=O) groups is 1. The Morgan fingerprint density at radius 3 is 2.69 bits per heavy atom. The van der Waals surface area contributed by atoms with Gasteiger partial charge >= 0.3 is 0 Å². The molecule has 1 saturated heterocycles. The predicted octanol–water partition coefficient (Wildman–Crippen LogP) is 1.12. The first-order valence-corrected chi connectivity index (χ1v) is 5.14. The van der Waals surface area contributed by atoms with E-state index in [1.807, 2.05) is 6.92 Å². The minimum Gasteiger partial charge on any atom is -0.368 e. The van der Waals surface area contributed by atoms with Gasteiger partial charge in [-0.3, -0.25) is 9.69 Å². The van der Waals surface area contributed by atoms with Crippen LogP contribution in [0.1, 0.15) is 40.0 Å². The Labute approximate surface area is 80.3 Å². The lowest BCUT2D eigenvalue weighted by Gasteiger charge is -2.31. The number of primary amides is 1. The Bertz CT molecular complexity index is 193. The summed E-state index contributed by atoms with van der Waals surface area (Å²) in [4.78, 5) is 13.3. The summed E-state index contributed by atoms with van der Waals surface area (Å²) in [6, 6.07) is 0.951. The summed E-state index contributed by atoms with van der Waals surface area (Å²) in [5.74, 6) is -0.202. The van der Waals surface area contributed by atoms with Gasteiger partial charge in [-0.05, 0) is 33.1 Å². The molecule has 1 fully saturated rings. The molecular weight excluding hydrogens is 164 g/mol. The maximum absolute atomic E-state index is 11.1. The fourth-order valence-electron chi connectivity index (χ4n) is 2.35. The van der Waals surface area contributed by atoms with Crippen molar-refractivity contribution in [3.8, 4) is 0 Å². The van der Waals surface area contributed by atoms with Crippen molar-refractivity contribution in [2.75, 3.05) is 0 Å². The Morgan fingerprint density at radius 2 is 2.23 bits per heavy atom. The van der Waals surface area contributed by atoms with E-state index in [1.165, 1.54) is 12.8 Å². The summed E-state index contributed by atoms with van der Waals surface area (Å²) in [6.45, 7) is 6.26. The van der Waals surface area contributed by atoms with E-state index in [0.29, 0.717) is 12.1 Å². The van der Waals surface area contributed by atoms with Crippen LogP contribution in [0.25, 0.3) is 0 Å². The number of amides is 1. The van der Waals surface area contributed by atoms with E-state index in [2.05, 4.69) is 18.7 Å². The molecule has 76 valence electrons. The highest BCUT2D eigenvalue weighted by molar-refractivity contribution is 5.79. The fraction of sp³-hybridized carbons (Fsp3) is 0.900. The molecule has 1 aliphatic heterocycles. The molecule has 3 heteroatoms. The molecule has 1 aliphatic rings. The van der Waals surface area contributed by atoms with Gasteiger partial charge < -0.3 is 5.73 Å². The van der Waals surface area contributed by atoms with Gasteiger partial charge in [-0.25, -0.2) is 0 Å². The van der Waals surface area contributed by atoms with Gasteiger partial charge in [0, 0.05) is 12.1 Å². The van der Waals surface area contributed by atoms with Gasteiger partial charge in [0.1, 0.15) is 0 Å². The Hall–Kier alpha value is -0.570. The van der Waals surface area contributed by atoms with Gasteiger partial charge in [-0.2, -0.15) is 0 Å². The number of hydrogen-bond acceptors (Lipinski definition) is 2. The number of carbonyl (C=O) groups excluding carboxylic acids is 1. The van der Waals surface area contributed by atoms with Crippen molar-refractivity contribution >= 4 is 5.91 Å². The normalized spacial score (nSPS) is 31.9. The zero-order valence-corrected chi connectivity index (χ0v) is 8.79. The Morgan fingerprint density at radius 1 is 1.62 bits per heavy atom. The van der Waals surface area contributed by atoms with Crippen molar-refractivity contribution in [2.45, 2.75) is 58.2 Å². The molecule has 3 unspecified atom stereocenters. The minimum absolute atomic E-state index is 0.109. The third-order valence-electron chi connectivity index (χ3n) is 3.18. The van der Waals surface area contributed by atoms with E-state index >= 15 is 0 Å². The number of likely N-dealkylation sites (tertiary alicyclic amines) is 1. The van der Waals surface area contributed by atoms with Crippen LogP contribution in [0.5, 0.6) is 0 Å². The van der Waals surface area contributed by atoms with Crippen LogP contribution in [0.4, 0.5) is 0 Å². The second-order valence-corrected chi connectivity index (χ2v) is 4.01. The first-order valence-electron chi connectivity index (χ1n) is 5.14. The lowest BCUT2D eigenvalue weighted by atomic mass is 10.1. The van der Waals surface area contributed by atoms with Crippen LogP contribution in [0.3, 0.4) is 0 Å².